The van der Waals surface area contributed by atoms with Crippen LogP contribution < -0.4 is 9.64 Å². The quantitative estimate of drug-likeness (QED) is 0.499. The Morgan fingerprint density at radius 1 is 1.07 bits per heavy atom. The average molecular weight is 392 g/mol. The van der Waals surface area contributed by atoms with Crippen LogP contribution in [0.5, 0.6) is 5.75 Å². The van der Waals surface area contributed by atoms with Crippen molar-refractivity contribution in [2.24, 2.45) is 0 Å². The molecule has 1 aromatic heterocycles. The van der Waals surface area contributed by atoms with Gasteiger partial charge in [-0.15, -0.1) is 0 Å². The number of carbonyl (C=O) groups excluding carboxylic acids is 1. The zero-order valence-corrected chi connectivity index (χ0v) is 17.3. The number of methoxy groups -OCH3 is 1. The largest absolute Gasteiger partial charge is 0.497 e. The van der Waals surface area contributed by atoms with Crippen LogP contribution in [0.4, 0.5) is 5.69 Å². The molecular weight excluding hydrogens is 362 g/mol. The lowest BCUT2D eigenvalue weighted by Crippen LogP contribution is -2.24. The second-order valence-corrected chi connectivity index (χ2v) is 7.77. The molecule has 0 aliphatic carbocycles. The number of imidazole rings is 1. The number of ether oxygens (including phenoxy) is 1. The number of hydrogen-bond acceptors (Lipinski definition) is 3. The molecule has 3 aromatic rings. The van der Waals surface area contributed by atoms with Crippen LogP contribution in [0.3, 0.4) is 0 Å². The Morgan fingerprint density at radius 2 is 1.86 bits per heavy atom. The zero-order chi connectivity index (χ0) is 20.2. The average Bonchev–Trinajstić information content (AvgIpc) is 3.32. The van der Waals surface area contributed by atoms with Crippen molar-refractivity contribution in [1.29, 1.82) is 0 Å². The highest BCUT2D eigenvalue weighted by atomic mass is 16.5. The van der Waals surface area contributed by atoms with Gasteiger partial charge in [-0.2, -0.15) is 0 Å². The van der Waals surface area contributed by atoms with E-state index in [1.54, 1.807) is 7.11 Å². The van der Waals surface area contributed by atoms with E-state index in [0.29, 0.717) is 13.0 Å². The molecule has 0 bridgehead atoms. The third-order valence-corrected chi connectivity index (χ3v) is 5.79. The Kier molecular flexibility index (Phi) is 5.84. The summed E-state index contributed by atoms with van der Waals surface area (Å²) in [5, 5.41) is 0. The van der Waals surface area contributed by atoms with E-state index in [1.165, 1.54) is 24.8 Å². The Hall–Kier alpha value is -2.82. The van der Waals surface area contributed by atoms with E-state index in [1.807, 2.05) is 35.2 Å². The van der Waals surface area contributed by atoms with Crippen LogP contribution in [0.25, 0.3) is 11.0 Å². The van der Waals surface area contributed by atoms with Gasteiger partial charge in [-0.3, -0.25) is 4.79 Å². The van der Waals surface area contributed by atoms with Gasteiger partial charge in [0.2, 0.25) is 5.91 Å². The second kappa shape index (κ2) is 8.68. The van der Waals surface area contributed by atoms with Crippen LogP contribution in [0.2, 0.25) is 0 Å². The number of aromatic nitrogens is 2. The topological polar surface area (TPSA) is 47.4 Å². The van der Waals surface area contributed by atoms with Gasteiger partial charge in [0, 0.05) is 31.1 Å². The first-order valence-electron chi connectivity index (χ1n) is 10.6. The fraction of sp³-hybridized carbons (Fsp3) is 0.417. The summed E-state index contributed by atoms with van der Waals surface area (Å²) in [4.78, 5) is 19.6. The van der Waals surface area contributed by atoms with Gasteiger partial charge < -0.3 is 14.2 Å². The first-order valence-corrected chi connectivity index (χ1v) is 10.6. The SMILES string of the molecule is CCCCCCn1c([C@H]2CC(=O)N(c3ccc(OC)cc3)C2)nc2ccccc21. The minimum absolute atomic E-state index is 0.114. The van der Waals surface area contributed by atoms with Gasteiger partial charge in [-0.1, -0.05) is 38.3 Å². The highest BCUT2D eigenvalue weighted by Gasteiger charge is 2.34. The van der Waals surface area contributed by atoms with E-state index in [4.69, 9.17) is 9.72 Å². The number of anilines is 1. The third-order valence-electron chi connectivity index (χ3n) is 5.79. The van der Waals surface area contributed by atoms with Crippen LogP contribution in [0.1, 0.15) is 50.8 Å². The molecule has 1 fully saturated rings. The Balaban J connectivity index is 1.59. The maximum absolute atomic E-state index is 12.8. The zero-order valence-electron chi connectivity index (χ0n) is 17.3. The smallest absolute Gasteiger partial charge is 0.227 e. The molecule has 5 nitrogen and oxygen atoms in total. The van der Waals surface area contributed by atoms with Gasteiger partial charge in [0.05, 0.1) is 18.1 Å². The third kappa shape index (κ3) is 4.00. The van der Waals surface area contributed by atoms with Gasteiger partial charge in [0.25, 0.3) is 0 Å². The fourth-order valence-corrected chi connectivity index (χ4v) is 4.23. The summed E-state index contributed by atoms with van der Waals surface area (Å²) in [6.07, 6.45) is 5.36. The molecule has 0 N–H and O–H groups in total. The molecule has 152 valence electrons. The molecule has 0 spiro atoms. The molecule has 2 heterocycles. The van der Waals surface area contributed by atoms with Crippen LogP contribution in [0, 0.1) is 0 Å². The molecule has 1 aliphatic rings. The number of carbonyl (C=O) groups is 1. The van der Waals surface area contributed by atoms with Crippen molar-refractivity contribution >= 4 is 22.6 Å². The summed E-state index contributed by atoms with van der Waals surface area (Å²) in [5.41, 5.74) is 3.12. The predicted molar refractivity (Wildman–Crippen MR) is 117 cm³/mol. The Labute approximate surface area is 172 Å². The monoisotopic (exact) mass is 391 g/mol. The van der Waals surface area contributed by atoms with Gasteiger partial charge >= 0.3 is 0 Å². The fourth-order valence-electron chi connectivity index (χ4n) is 4.23. The summed E-state index contributed by atoms with van der Waals surface area (Å²) in [6.45, 7) is 3.86. The minimum atomic E-state index is 0.114. The minimum Gasteiger partial charge on any atom is -0.497 e. The number of rotatable bonds is 8. The van der Waals surface area contributed by atoms with Crippen molar-refractivity contribution in [3.63, 3.8) is 0 Å². The van der Waals surface area contributed by atoms with Crippen molar-refractivity contribution in [2.75, 3.05) is 18.6 Å². The second-order valence-electron chi connectivity index (χ2n) is 7.77. The lowest BCUT2D eigenvalue weighted by Gasteiger charge is -2.18. The van der Waals surface area contributed by atoms with Gasteiger partial charge in [0.1, 0.15) is 11.6 Å². The number of para-hydroxylation sites is 2. The molecule has 0 unspecified atom stereocenters. The Bertz CT molecular complexity index is 977. The lowest BCUT2D eigenvalue weighted by atomic mass is 10.1. The van der Waals surface area contributed by atoms with Gasteiger partial charge in [-0.05, 0) is 42.8 Å². The molecule has 1 atom stereocenters. The number of unbranched alkanes of at least 4 members (excludes halogenated alkanes) is 3. The van der Waals surface area contributed by atoms with E-state index < -0.39 is 0 Å². The van der Waals surface area contributed by atoms with Crippen LogP contribution >= 0.6 is 0 Å². The van der Waals surface area contributed by atoms with Crippen molar-refractivity contribution in [3.8, 4) is 5.75 Å². The number of amides is 1. The van der Waals surface area contributed by atoms with Crippen molar-refractivity contribution < 1.29 is 9.53 Å². The standard InChI is InChI=1S/C24H29N3O2/c1-3-4-5-8-15-26-22-10-7-6-9-21(22)25-24(26)18-16-23(28)27(17-18)19-11-13-20(29-2)14-12-19/h6-7,9-14,18H,3-5,8,15-17H2,1-2H3/t18-/m0/s1. The van der Waals surface area contributed by atoms with E-state index in [9.17, 15) is 4.79 Å². The molecule has 1 amide bonds. The summed E-state index contributed by atoms with van der Waals surface area (Å²) in [6, 6.07) is 16.0. The molecule has 4 rings (SSSR count). The highest BCUT2D eigenvalue weighted by Crippen LogP contribution is 2.34. The van der Waals surface area contributed by atoms with E-state index >= 15 is 0 Å². The number of hydrogen-bond donors (Lipinski definition) is 0. The molecular formula is C24H29N3O2. The van der Waals surface area contributed by atoms with E-state index in [0.717, 1.165) is 35.7 Å². The highest BCUT2D eigenvalue weighted by molar-refractivity contribution is 5.96. The summed E-state index contributed by atoms with van der Waals surface area (Å²) < 4.78 is 7.58. The molecule has 29 heavy (non-hydrogen) atoms. The van der Waals surface area contributed by atoms with Crippen LogP contribution in [-0.4, -0.2) is 29.1 Å². The number of fused-ring (bicyclic) bond motifs is 1. The molecule has 1 aliphatic heterocycles. The summed E-state index contributed by atoms with van der Waals surface area (Å²) >= 11 is 0. The molecule has 0 radical (unpaired) electrons. The molecule has 2 aromatic carbocycles. The maximum Gasteiger partial charge on any atom is 0.227 e. The maximum atomic E-state index is 12.8. The first-order chi connectivity index (χ1) is 14.2. The summed E-state index contributed by atoms with van der Waals surface area (Å²) in [7, 11) is 1.65. The van der Waals surface area contributed by atoms with Gasteiger partial charge in [-0.25, -0.2) is 4.98 Å². The first kappa shape index (κ1) is 19.5. The van der Waals surface area contributed by atoms with Gasteiger partial charge in [0.15, 0.2) is 0 Å². The number of aryl methyl sites for hydroxylation is 1. The van der Waals surface area contributed by atoms with Crippen molar-refractivity contribution in [3.05, 3.63) is 54.4 Å². The summed E-state index contributed by atoms with van der Waals surface area (Å²) in [5.74, 6) is 2.12. The normalized spacial score (nSPS) is 16.7. The van der Waals surface area contributed by atoms with Crippen molar-refractivity contribution in [2.45, 2.75) is 51.5 Å². The Morgan fingerprint density at radius 3 is 2.62 bits per heavy atom. The molecule has 5 heteroatoms. The lowest BCUT2D eigenvalue weighted by molar-refractivity contribution is -0.117. The number of benzene rings is 2. The predicted octanol–water partition coefficient (Wildman–Crippen LogP) is 5.15. The molecule has 1 saturated heterocycles. The van der Waals surface area contributed by atoms with E-state index in [-0.39, 0.29) is 11.8 Å². The van der Waals surface area contributed by atoms with Crippen LogP contribution in [-0.2, 0) is 11.3 Å². The number of nitrogens with zero attached hydrogens (tertiary/aromatic N) is 3. The van der Waals surface area contributed by atoms with E-state index in [2.05, 4.69) is 29.7 Å². The van der Waals surface area contributed by atoms with Crippen molar-refractivity contribution in [1.82, 2.24) is 9.55 Å². The van der Waals surface area contributed by atoms with Crippen LogP contribution in [0.15, 0.2) is 48.5 Å². The molecule has 0 saturated carbocycles.